The zero-order valence-electron chi connectivity index (χ0n) is 18.9. The van der Waals surface area contributed by atoms with E-state index in [0.717, 1.165) is 50.1 Å². The molecule has 4 rings (SSSR count). The second-order valence-electron chi connectivity index (χ2n) is 10.9. The van der Waals surface area contributed by atoms with Crippen molar-refractivity contribution in [2.75, 3.05) is 20.1 Å². The van der Waals surface area contributed by atoms with Gasteiger partial charge in [0.1, 0.15) is 0 Å². The first kappa shape index (κ1) is 21.0. The summed E-state index contributed by atoms with van der Waals surface area (Å²) in [6, 6.07) is 0.436. The summed E-state index contributed by atoms with van der Waals surface area (Å²) >= 11 is 0. The number of nitrogens with zero attached hydrogens (tertiary/aromatic N) is 1. The van der Waals surface area contributed by atoms with E-state index in [2.05, 4.69) is 36.3 Å². The summed E-state index contributed by atoms with van der Waals surface area (Å²) in [4.78, 5) is 26.4. The van der Waals surface area contributed by atoms with Gasteiger partial charge in [-0.2, -0.15) is 0 Å². The standard InChI is InChI=1S/C24H41N3O2/c1-5-14-25-22(29)26-15-16-6-8-18-17-7-9-20-24(3,13-11-21(28)27(20)4)19(17)10-12-23(16,18)2/h16-20H,5-15H2,1-4H3,(H2,25,26,29)/t16?,17-,18-,19+,20?,23+,24+/m0/s1. The molecule has 5 nitrogen and oxygen atoms in total. The van der Waals surface area contributed by atoms with Gasteiger partial charge in [0, 0.05) is 32.6 Å². The van der Waals surface area contributed by atoms with Crippen LogP contribution in [0.15, 0.2) is 0 Å². The maximum absolute atomic E-state index is 12.3. The fourth-order valence-electron chi connectivity index (χ4n) is 8.11. The zero-order valence-corrected chi connectivity index (χ0v) is 18.9. The van der Waals surface area contributed by atoms with E-state index in [1.165, 1.54) is 38.5 Å². The van der Waals surface area contributed by atoms with E-state index in [9.17, 15) is 9.59 Å². The highest BCUT2D eigenvalue weighted by molar-refractivity contribution is 5.77. The lowest BCUT2D eigenvalue weighted by molar-refractivity contribution is -0.158. The second kappa shape index (κ2) is 7.77. The number of urea groups is 1. The van der Waals surface area contributed by atoms with Crippen molar-refractivity contribution in [2.45, 2.75) is 84.6 Å². The number of carbonyl (C=O) groups is 2. The molecule has 2 unspecified atom stereocenters. The number of rotatable bonds is 4. The lowest BCUT2D eigenvalue weighted by atomic mass is 9.47. The van der Waals surface area contributed by atoms with Gasteiger partial charge in [0.15, 0.2) is 0 Å². The Morgan fingerprint density at radius 2 is 1.79 bits per heavy atom. The molecule has 0 aromatic rings. The summed E-state index contributed by atoms with van der Waals surface area (Å²) in [5.74, 6) is 3.29. The highest BCUT2D eigenvalue weighted by Crippen LogP contribution is 2.66. The Labute approximate surface area is 176 Å². The molecule has 7 atom stereocenters. The van der Waals surface area contributed by atoms with Crippen LogP contribution in [0.1, 0.15) is 78.6 Å². The van der Waals surface area contributed by atoms with Crippen LogP contribution in [-0.2, 0) is 4.79 Å². The van der Waals surface area contributed by atoms with Crippen molar-refractivity contribution in [1.82, 2.24) is 15.5 Å². The number of fused-ring (bicyclic) bond motifs is 5. The summed E-state index contributed by atoms with van der Waals surface area (Å²) in [5, 5.41) is 6.11. The van der Waals surface area contributed by atoms with Crippen LogP contribution in [0, 0.1) is 34.5 Å². The first-order valence-electron chi connectivity index (χ1n) is 12.1. The van der Waals surface area contributed by atoms with Crippen molar-refractivity contribution in [3.8, 4) is 0 Å². The average Bonchev–Trinajstić information content (AvgIpc) is 3.04. The third-order valence-electron chi connectivity index (χ3n) is 9.80. The van der Waals surface area contributed by atoms with Gasteiger partial charge in [0.25, 0.3) is 0 Å². The Morgan fingerprint density at radius 1 is 1.03 bits per heavy atom. The molecule has 3 aliphatic carbocycles. The molecule has 0 radical (unpaired) electrons. The molecule has 5 heteroatoms. The first-order valence-corrected chi connectivity index (χ1v) is 12.1. The largest absolute Gasteiger partial charge is 0.342 e. The smallest absolute Gasteiger partial charge is 0.314 e. The van der Waals surface area contributed by atoms with Gasteiger partial charge < -0.3 is 15.5 Å². The van der Waals surface area contributed by atoms with Gasteiger partial charge in [-0.25, -0.2) is 4.79 Å². The summed E-state index contributed by atoms with van der Waals surface area (Å²) in [7, 11) is 2.04. The van der Waals surface area contributed by atoms with Gasteiger partial charge in [-0.1, -0.05) is 20.8 Å². The number of carbonyl (C=O) groups excluding carboxylic acids is 2. The summed E-state index contributed by atoms with van der Waals surface area (Å²) in [6.07, 6.45) is 10.4. The van der Waals surface area contributed by atoms with Crippen molar-refractivity contribution in [3.63, 3.8) is 0 Å². The Morgan fingerprint density at radius 3 is 2.55 bits per heavy atom. The SMILES string of the molecule is CCCNC(=O)NCC1CC[C@H]2[C@@H]3CCC4N(C)C(=O)CC[C@]4(C)[C@@H]3CC[C@]12C. The van der Waals surface area contributed by atoms with Gasteiger partial charge in [0.05, 0.1) is 0 Å². The van der Waals surface area contributed by atoms with Gasteiger partial charge >= 0.3 is 6.03 Å². The maximum atomic E-state index is 12.3. The molecule has 1 saturated heterocycles. The fourth-order valence-corrected chi connectivity index (χ4v) is 8.11. The van der Waals surface area contributed by atoms with Crippen molar-refractivity contribution in [1.29, 1.82) is 0 Å². The minimum Gasteiger partial charge on any atom is -0.342 e. The molecule has 0 bridgehead atoms. The van der Waals surface area contributed by atoms with Gasteiger partial charge in [0.2, 0.25) is 5.91 Å². The predicted octanol–water partition coefficient (Wildman–Crippen LogP) is 4.18. The minimum absolute atomic E-state index is 0.00415. The van der Waals surface area contributed by atoms with E-state index < -0.39 is 0 Å². The average molecular weight is 404 g/mol. The van der Waals surface area contributed by atoms with E-state index in [-0.39, 0.29) is 6.03 Å². The summed E-state index contributed by atoms with van der Waals surface area (Å²) in [5.41, 5.74) is 0.655. The molecule has 0 spiro atoms. The van der Waals surface area contributed by atoms with Crippen molar-refractivity contribution in [3.05, 3.63) is 0 Å². The molecule has 0 aromatic heterocycles. The molecule has 4 fully saturated rings. The molecule has 1 heterocycles. The quantitative estimate of drug-likeness (QED) is 0.740. The highest BCUT2D eigenvalue weighted by atomic mass is 16.2. The van der Waals surface area contributed by atoms with Crippen molar-refractivity contribution in [2.24, 2.45) is 34.5 Å². The monoisotopic (exact) mass is 403 g/mol. The van der Waals surface area contributed by atoms with E-state index in [1.807, 2.05) is 7.05 Å². The molecule has 3 amide bonds. The predicted molar refractivity (Wildman–Crippen MR) is 115 cm³/mol. The Bertz CT molecular complexity index is 652. The van der Waals surface area contributed by atoms with E-state index >= 15 is 0 Å². The van der Waals surface area contributed by atoms with Crippen LogP contribution in [0.4, 0.5) is 4.79 Å². The second-order valence-corrected chi connectivity index (χ2v) is 10.9. The molecule has 1 aliphatic heterocycles. The van der Waals surface area contributed by atoms with Crippen LogP contribution < -0.4 is 10.6 Å². The number of hydrogen-bond donors (Lipinski definition) is 2. The maximum Gasteiger partial charge on any atom is 0.314 e. The van der Waals surface area contributed by atoms with Gasteiger partial charge in [-0.3, -0.25) is 4.79 Å². The lowest BCUT2D eigenvalue weighted by Crippen LogP contribution is -2.61. The summed E-state index contributed by atoms with van der Waals surface area (Å²) < 4.78 is 0. The normalized spacial score (nSPS) is 43.9. The van der Waals surface area contributed by atoms with Gasteiger partial charge in [-0.15, -0.1) is 0 Å². The van der Waals surface area contributed by atoms with E-state index in [0.29, 0.717) is 28.7 Å². The number of nitrogens with one attached hydrogen (secondary N) is 2. The molecule has 0 aromatic carbocycles. The van der Waals surface area contributed by atoms with Crippen LogP contribution in [0.2, 0.25) is 0 Å². The molecule has 3 saturated carbocycles. The Kier molecular flexibility index (Phi) is 5.63. The number of amides is 3. The van der Waals surface area contributed by atoms with Crippen molar-refractivity contribution >= 4 is 11.9 Å². The molecule has 164 valence electrons. The molecule has 2 N–H and O–H groups in total. The van der Waals surface area contributed by atoms with Crippen LogP contribution in [0.25, 0.3) is 0 Å². The first-order chi connectivity index (χ1) is 13.8. The van der Waals surface area contributed by atoms with Crippen LogP contribution in [0.5, 0.6) is 0 Å². The van der Waals surface area contributed by atoms with Gasteiger partial charge in [-0.05, 0) is 85.9 Å². The van der Waals surface area contributed by atoms with E-state index in [1.54, 1.807) is 0 Å². The van der Waals surface area contributed by atoms with E-state index in [4.69, 9.17) is 0 Å². The Balaban J connectivity index is 1.45. The third kappa shape index (κ3) is 3.37. The topological polar surface area (TPSA) is 61.4 Å². The van der Waals surface area contributed by atoms with Crippen LogP contribution in [-0.4, -0.2) is 43.0 Å². The summed E-state index contributed by atoms with van der Waals surface area (Å²) in [6.45, 7) is 8.65. The molecule has 29 heavy (non-hydrogen) atoms. The molecular formula is C24H41N3O2. The minimum atomic E-state index is -0.00415. The number of hydrogen-bond acceptors (Lipinski definition) is 2. The fraction of sp³-hybridized carbons (Fsp3) is 0.917. The highest BCUT2D eigenvalue weighted by Gasteiger charge is 2.60. The third-order valence-corrected chi connectivity index (χ3v) is 9.80. The number of likely N-dealkylation sites (tertiary alicyclic amines) is 1. The zero-order chi connectivity index (χ0) is 20.8. The molecular weight excluding hydrogens is 362 g/mol. The van der Waals surface area contributed by atoms with Crippen LogP contribution >= 0.6 is 0 Å². The lowest BCUT2D eigenvalue weighted by Gasteiger charge is -2.61. The Hall–Kier alpha value is -1.26. The van der Waals surface area contributed by atoms with Crippen molar-refractivity contribution < 1.29 is 9.59 Å². The number of piperidine rings is 1. The molecule has 4 aliphatic rings. The van der Waals surface area contributed by atoms with Crippen LogP contribution in [0.3, 0.4) is 0 Å².